The van der Waals surface area contributed by atoms with Crippen LogP contribution in [0.4, 0.5) is 4.79 Å². The van der Waals surface area contributed by atoms with Crippen molar-refractivity contribution in [2.75, 3.05) is 6.54 Å². The first-order valence-electron chi connectivity index (χ1n) is 3.95. The second-order valence-electron chi connectivity index (χ2n) is 2.57. The average Bonchev–Trinajstić information content (AvgIpc) is 2.15. The first kappa shape index (κ1) is 9.54. The Hall–Kier alpha value is -1.55. The number of amides is 1. The third-order valence-electron chi connectivity index (χ3n) is 1.64. The molecular formula is C9H12N2O2. The Labute approximate surface area is 76.5 Å². The third-order valence-corrected chi connectivity index (χ3v) is 1.64. The summed E-state index contributed by atoms with van der Waals surface area (Å²) in [6, 6.07) is 9.24. The van der Waals surface area contributed by atoms with Crippen molar-refractivity contribution >= 4 is 6.09 Å². The smallest absolute Gasteiger partial charge is 0.405 e. The fourth-order valence-electron chi connectivity index (χ4n) is 1.06. The molecule has 1 unspecified atom stereocenters. The highest BCUT2D eigenvalue weighted by molar-refractivity contribution is 5.65. The summed E-state index contributed by atoms with van der Waals surface area (Å²) in [4.78, 5) is 10.5. The van der Waals surface area contributed by atoms with E-state index in [9.17, 15) is 4.79 Å². The predicted molar refractivity (Wildman–Crippen MR) is 48.9 cm³/mol. The summed E-state index contributed by atoms with van der Waals surface area (Å²) in [5.74, 6) is 0. The molecule has 1 rings (SSSR count). The lowest BCUT2D eigenvalue weighted by Gasteiger charge is -2.14. The van der Waals surface area contributed by atoms with E-state index in [1.165, 1.54) is 0 Å². The average molecular weight is 180 g/mol. The van der Waals surface area contributed by atoms with E-state index >= 15 is 0 Å². The Kier molecular flexibility index (Phi) is 3.28. The highest BCUT2D eigenvalue weighted by Gasteiger charge is 2.11. The van der Waals surface area contributed by atoms with E-state index in [4.69, 9.17) is 16.2 Å². The van der Waals surface area contributed by atoms with Gasteiger partial charge in [-0.2, -0.15) is 0 Å². The van der Waals surface area contributed by atoms with Crippen molar-refractivity contribution in [2.24, 2.45) is 11.5 Å². The van der Waals surface area contributed by atoms with Crippen LogP contribution in [0.15, 0.2) is 30.3 Å². The largest absolute Gasteiger partial charge is 0.440 e. The van der Waals surface area contributed by atoms with Gasteiger partial charge < -0.3 is 16.2 Å². The van der Waals surface area contributed by atoms with Crippen molar-refractivity contribution < 1.29 is 9.53 Å². The van der Waals surface area contributed by atoms with Gasteiger partial charge in [0.25, 0.3) is 0 Å². The zero-order valence-corrected chi connectivity index (χ0v) is 7.14. The minimum Gasteiger partial charge on any atom is -0.440 e. The number of carbonyl (C=O) groups excluding carboxylic acids is 1. The number of carbonyl (C=O) groups is 1. The maximum atomic E-state index is 10.5. The van der Waals surface area contributed by atoms with Gasteiger partial charge in [0.05, 0.1) is 0 Å². The van der Waals surface area contributed by atoms with Gasteiger partial charge in [0.1, 0.15) is 6.10 Å². The molecule has 0 radical (unpaired) electrons. The summed E-state index contributed by atoms with van der Waals surface area (Å²) in [6.45, 7) is 0.229. The molecule has 4 N–H and O–H groups in total. The molecule has 0 bridgehead atoms. The Morgan fingerprint density at radius 3 is 2.46 bits per heavy atom. The molecule has 1 amide bonds. The molecule has 13 heavy (non-hydrogen) atoms. The molecule has 0 aliphatic heterocycles. The minimum atomic E-state index is -0.806. The lowest BCUT2D eigenvalue weighted by atomic mass is 10.1. The van der Waals surface area contributed by atoms with Crippen LogP contribution in [0.2, 0.25) is 0 Å². The lowest BCUT2D eigenvalue weighted by molar-refractivity contribution is 0.111. The van der Waals surface area contributed by atoms with Crippen molar-refractivity contribution in [1.82, 2.24) is 0 Å². The maximum Gasteiger partial charge on any atom is 0.405 e. The number of rotatable bonds is 3. The normalized spacial score (nSPS) is 12.1. The molecule has 4 heteroatoms. The van der Waals surface area contributed by atoms with Crippen LogP contribution in [-0.4, -0.2) is 12.6 Å². The first-order valence-corrected chi connectivity index (χ1v) is 3.95. The molecule has 0 heterocycles. The molecule has 4 nitrogen and oxygen atoms in total. The van der Waals surface area contributed by atoms with Crippen LogP contribution in [0.1, 0.15) is 11.7 Å². The van der Waals surface area contributed by atoms with Gasteiger partial charge in [-0.1, -0.05) is 30.3 Å². The van der Waals surface area contributed by atoms with Crippen molar-refractivity contribution in [2.45, 2.75) is 6.10 Å². The fourth-order valence-corrected chi connectivity index (χ4v) is 1.06. The number of primary amides is 1. The molecule has 1 aromatic rings. The van der Waals surface area contributed by atoms with Gasteiger partial charge in [-0.05, 0) is 5.56 Å². The van der Waals surface area contributed by atoms with E-state index < -0.39 is 12.2 Å². The van der Waals surface area contributed by atoms with Gasteiger partial charge in [0, 0.05) is 6.54 Å². The Balaban J connectivity index is 2.73. The van der Waals surface area contributed by atoms with E-state index in [1.54, 1.807) is 0 Å². The van der Waals surface area contributed by atoms with Gasteiger partial charge in [0.2, 0.25) is 0 Å². The predicted octanol–water partition coefficient (Wildman–Crippen LogP) is 0.782. The molecule has 0 spiro atoms. The Morgan fingerprint density at radius 2 is 2.00 bits per heavy atom. The van der Waals surface area contributed by atoms with Gasteiger partial charge in [-0.25, -0.2) is 4.79 Å². The van der Waals surface area contributed by atoms with Crippen LogP contribution in [-0.2, 0) is 4.74 Å². The van der Waals surface area contributed by atoms with E-state index in [1.807, 2.05) is 30.3 Å². The van der Waals surface area contributed by atoms with Crippen LogP contribution in [0.3, 0.4) is 0 Å². The second kappa shape index (κ2) is 4.47. The van der Waals surface area contributed by atoms with Crippen molar-refractivity contribution in [3.63, 3.8) is 0 Å². The molecule has 1 atom stereocenters. The summed E-state index contributed by atoms with van der Waals surface area (Å²) < 4.78 is 4.80. The van der Waals surface area contributed by atoms with Crippen molar-refractivity contribution in [3.8, 4) is 0 Å². The van der Waals surface area contributed by atoms with E-state index in [0.29, 0.717) is 0 Å². The Bertz CT molecular complexity index is 274. The number of hydrogen-bond donors (Lipinski definition) is 2. The summed E-state index contributed by atoms with van der Waals surface area (Å²) >= 11 is 0. The van der Waals surface area contributed by atoms with Crippen LogP contribution >= 0.6 is 0 Å². The summed E-state index contributed by atoms with van der Waals surface area (Å²) in [5, 5.41) is 0. The van der Waals surface area contributed by atoms with Crippen LogP contribution in [0.5, 0.6) is 0 Å². The van der Waals surface area contributed by atoms with Crippen molar-refractivity contribution in [1.29, 1.82) is 0 Å². The zero-order valence-electron chi connectivity index (χ0n) is 7.14. The highest BCUT2D eigenvalue weighted by Crippen LogP contribution is 2.14. The molecule has 0 saturated heterocycles. The maximum absolute atomic E-state index is 10.5. The number of ether oxygens (including phenoxy) is 1. The number of benzene rings is 1. The summed E-state index contributed by atoms with van der Waals surface area (Å²) in [7, 11) is 0. The van der Waals surface area contributed by atoms with Crippen LogP contribution in [0, 0.1) is 0 Å². The number of hydrogen-bond acceptors (Lipinski definition) is 3. The molecule has 0 aliphatic rings. The van der Waals surface area contributed by atoms with E-state index in [-0.39, 0.29) is 6.54 Å². The lowest BCUT2D eigenvalue weighted by Crippen LogP contribution is -2.22. The second-order valence-corrected chi connectivity index (χ2v) is 2.57. The van der Waals surface area contributed by atoms with Gasteiger partial charge in [-0.15, -0.1) is 0 Å². The quantitative estimate of drug-likeness (QED) is 0.721. The van der Waals surface area contributed by atoms with Crippen molar-refractivity contribution in [3.05, 3.63) is 35.9 Å². The van der Waals surface area contributed by atoms with Gasteiger partial charge in [0.15, 0.2) is 0 Å². The van der Waals surface area contributed by atoms with Crippen LogP contribution < -0.4 is 11.5 Å². The monoisotopic (exact) mass is 180 g/mol. The molecule has 1 aromatic carbocycles. The standard InChI is InChI=1S/C9H12N2O2/c10-6-8(13-9(11)12)7-4-2-1-3-5-7/h1-5,8H,6,10H2,(H2,11,12). The number of nitrogens with two attached hydrogens (primary N) is 2. The molecular weight excluding hydrogens is 168 g/mol. The topological polar surface area (TPSA) is 78.3 Å². The molecule has 70 valence electrons. The van der Waals surface area contributed by atoms with E-state index in [2.05, 4.69) is 0 Å². The molecule has 0 saturated carbocycles. The third kappa shape index (κ3) is 2.76. The first-order chi connectivity index (χ1) is 6.24. The molecule has 0 fully saturated rings. The van der Waals surface area contributed by atoms with Crippen LogP contribution in [0.25, 0.3) is 0 Å². The van der Waals surface area contributed by atoms with Gasteiger partial charge >= 0.3 is 6.09 Å². The highest BCUT2D eigenvalue weighted by atomic mass is 16.6. The van der Waals surface area contributed by atoms with E-state index in [0.717, 1.165) is 5.56 Å². The molecule has 0 aliphatic carbocycles. The molecule has 0 aromatic heterocycles. The minimum absolute atomic E-state index is 0.229. The SMILES string of the molecule is NCC(OC(N)=O)c1ccccc1. The van der Waals surface area contributed by atoms with Gasteiger partial charge in [-0.3, -0.25) is 0 Å². The summed E-state index contributed by atoms with van der Waals surface area (Å²) in [5.41, 5.74) is 11.2. The Morgan fingerprint density at radius 1 is 1.38 bits per heavy atom. The summed E-state index contributed by atoms with van der Waals surface area (Å²) in [6.07, 6.45) is -1.25. The zero-order chi connectivity index (χ0) is 9.68. The fraction of sp³-hybridized carbons (Fsp3) is 0.222.